The number of carbonyl (C=O) groups is 1. The van der Waals surface area contributed by atoms with Crippen LogP contribution in [0.4, 0.5) is 17.2 Å². The van der Waals surface area contributed by atoms with Crippen LogP contribution in [0.1, 0.15) is 32.9 Å². The summed E-state index contributed by atoms with van der Waals surface area (Å²) >= 11 is 0. The molecule has 4 rings (SSSR count). The molecule has 0 spiro atoms. The van der Waals surface area contributed by atoms with Gasteiger partial charge in [0.1, 0.15) is 0 Å². The van der Waals surface area contributed by atoms with Crippen molar-refractivity contribution < 1.29 is 4.79 Å². The summed E-state index contributed by atoms with van der Waals surface area (Å²) in [4.78, 5) is 12.5. The predicted octanol–water partition coefficient (Wildman–Crippen LogP) is 4.89. The Kier molecular flexibility index (Phi) is 5.49. The molecule has 0 radical (unpaired) electrons. The quantitative estimate of drug-likeness (QED) is 0.487. The number of hydrogen-bond donors (Lipinski definition) is 2. The van der Waals surface area contributed by atoms with Crippen molar-refractivity contribution in [3.05, 3.63) is 88.7 Å². The van der Waals surface area contributed by atoms with E-state index in [4.69, 9.17) is 0 Å². The number of rotatable bonds is 5. The maximum absolute atomic E-state index is 12.5. The standard InChI is InChI=1S/C24H24N6O/c1-15-11-16(2)13-19(12-15)24(31)26-21-7-5-20(6-8-21)25-22-9-10-23(28-27-22)30-18(4)14-17(3)29-30/h5-14H,1-4H3,(H,25,27)(H,26,31). The summed E-state index contributed by atoms with van der Waals surface area (Å²) < 4.78 is 1.76. The second-order valence-electron chi connectivity index (χ2n) is 7.65. The monoisotopic (exact) mass is 412 g/mol. The average molecular weight is 412 g/mol. The fourth-order valence-electron chi connectivity index (χ4n) is 3.46. The van der Waals surface area contributed by atoms with Gasteiger partial charge in [-0.3, -0.25) is 4.79 Å². The van der Waals surface area contributed by atoms with Crippen LogP contribution in [-0.4, -0.2) is 25.9 Å². The van der Waals surface area contributed by atoms with Crippen molar-refractivity contribution in [1.29, 1.82) is 0 Å². The third-order valence-electron chi connectivity index (χ3n) is 4.78. The molecule has 0 bridgehead atoms. The highest BCUT2D eigenvalue weighted by Crippen LogP contribution is 2.19. The zero-order valence-corrected chi connectivity index (χ0v) is 18.0. The molecular formula is C24H24N6O. The van der Waals surface area contributed by atoms with E-state index in [-0.39, 0.29) is 5.91 Å². The number of anilines is 3. The van der Waals surface area contributed by atoms with Gasteiger partial charge in [0.15, 0.2) is 11.6 Å². The van der Waals surface area contributed by atoms with Gasteiger partial charge in [0.25, 0.3) is 5.91 Å². The molecule has 2 aromatic carbocycles. The topological polar surface area (TPSA) is 84.7 Å². The molecule has 7 nitrogen and oxygen atoms in total. The fraction of sp³-hybridized carbons (Fsp3) is 0.167. The van der Waals surface area contributed by atoms with E-state index in [1.54, 1.807) is 4.68 Å². The minimum atomic E-state index is -0.127. The summed E-state index contributed by atoms with van der Waals surface area (Å²) in [6.07, 6.45) is 0. The Morgan fingerprint density at radius 2 is 1.48 bits per heavy atom. The Labute approximate surface area is 181 Å². The van der Waals surface area contributed by atoms with Crippen LogP contribution in [0.2, 0.25) is 0 Å². The van der Waals surface area contributed by atoms with Crippen molar-refractivity contribution in [3.8, 4) is 5.82 Å². The number of benzene rings is 2. The molecule has 2 N–H and O–H groups in total. The van der Waals surface area contributed by atoms with E-state index < -0.39 is 0 Å². The van der Waals surface area contributed by atoms with Crippen LogP contribution in [0.15, 0.2) is 60.7 Å². The van der Waals surface area contributed by atoms with E-state index >= 15 is 0 Å². The lowest BCUT2D eigenvalue weighted by molar-refractivity contribution is 0.102. The minimum Gasteiger partial charge on any atom is -0.339 e. The fourth-order valence-corrected chi connectivity index (χ4v) is 3.46. The Morgan fingerprint density at radius 3 is 2.06 bits per heavy atom. The van der Waals surface area contributed by atoms with Crippen molar-refractivity contribution in [2.45, 2.75) is 27.7 Å². The second kappa shape index (κ2) is 8.39. The van der Waals surface area contributed by atoms with Crippen molar-refractivity contribution in [2.75, 3.05) is 10.6 Å². The molecule has 0 saturated heterocycles. The molecule has 0 fully saturated rings. The zero-order chi connectivity index (χ0) is 22.0. The Morgan fingerprint density at radius 1 is 0.806 bits per heavy atom. The molecular weight excluding hydrogens is 388 g/mol. The van der Waals surface area contributed by atoms with E-state index in [1.807, 2.05) is 88.4 Å². The van der Waals surface area contributed by atoms with E-state index in [9.17, 15) is 4.79 Å². The van der Waals surface area contributed by atoms with Gasteiger partial charge in [-0.25, -0.2) is 4.68 Å². The normalized spacial score (nSPS) is 10.7. The summed E-state index contributed by atoms with van der Waals surface area (Å²) in [5, 5.41) is 19.1. The largest absolute Gasteiger partial charge is 0.339 e. The number of hydrogen-bond acceptors (Lipinski definition) is 5. The average Bonchev–Trinajstić information content (AvgIpc) is 3.07. The van der Waals surface area contributed by atoms with Crippen molar-refractivity contribution >= 4 is 23.1 Å². The number of carbonyl (C=O) groups excluding carboxylic acids is 1. The zero-order valence-electron chi connectivity index (χ0n) is 18.0. The van der Waals surface area contributed by atoms with Crippen molar-refractivity contribution in [2.24, 2.45) is 0 Å². The summed E-state index contributed by atoms with van der Waals surface area (Å²) in [5.41, 5.74) is 6.29. The van der Waals surface area contributed by atoms with Crippen LogP contribution in [0.25, 0.3) is 5.82 Å². The van der Waals surface area contributed by atoms with Crippen LogP contribution in [-0.2, 0) is 0 Å². The molecule has 2 aromatic heterocycles. The van der Waals surface area contributed by atoms with E-state index in [0.29, 0.717) is 17.2 Å². The van der Waals surface area contributed by atoms with E-state index in [0.717, 1.165) is 33.9 Å². The highest BCUT2D eigenvalue weighted by Gasteiger charge is 2.08. The number of aryl methyl sites for hydroxylation is 4. The number of amides is 1. The molecule has 156 valence electrons. The first-order valence-electron chi connectivity index (χ1n) is 10.0. The van der Waals surface area contributed by atoms with Gasteiger partial charge in [-0.15, -0.1) is 10.2 Å². The van der Waals surface area contributed by atoms with Crippen molar-refractivity contribution in [3.63, 3.8) is 0 Å². The maximum atomic E-state index is 12.5. The van der Waals surface area contributed by atoms with Gasteiger partial charge in [0, 0.05) is 22.6 Å². The molecule has 0 aliphatic heterocycles. The molecule has 31 heavy (non-hydrogen) atoms. The SMILES string of the molecule is Cc1cc(C)cc(C(=O)Nc2ccc(Nc3ccc(-n4nc(C)cc4C)nn3)cc2)c1. The molecule has 1 amide bonds. The number of aromatic nitrogens is 4. The van der Waals surface area contributed by atoms with Gasteiger partial charge in [0.2, 0.25) is 0 Å². The highest BCUT2D eigenvalue weighted by atomic mass is 16.1. The van der Waals surface area contributed by atoms with E-state index in [2.05, 4.69) is 25.9 Å². The van der Waals surface area contributed by atoms with Crippen LogP contribution < -0.4 is 10.6 Å². The predicted molar refractivity (Wildman–Crippen MR) is 122 cm³/mol. The molecule has 0 aliphatic carbocycles. The molecule has 0 aliphatic rings. The van der Waals surface area contributed by atoms with Gasteiger partial charge >= 0.3 is 0 Å². The Hall–Kier alpha value is -4.00. The lowest BCUT2D eigenvalue weighted by atomic mass is 10.1. The smallest absolute Gasteiger partial charge is 0.255 e. The minimum absolute atomic E-state index is 0.127. The van der Waals surface area contributed by atoms with Gasteiger partial charge in [-0.1, -0.05) is 17.2 Å². The summed E-state index contributed by atoms with van der Waals surface area (Å²) in [6.45, 7) is 7.89. The van der Waals surface area contributed by atoms with Crippen LogP contribution >= 0.6 is 0 Å². The van der Waals surface area contributed by atoms with Crippen LogP contribution in [0.3, 0.4) is 0 Å². The van der Waals surface area contributed by atoms with Gasteiger partial charge in [-0.05, 0) is 82.3 Å². The molecule has 0 saturated carbocycles. The summed E-state index contributed by atoms with van der Waals surface area (Å²) in [6, 6.07) is 19.0. The Balaban J connectivity index is 1.41. The second-order valence-corrected chi connectivity index (χ2v) is 7.65. The Bertz CT molecular complexity index is 1210. The van der Waals surface area contributed by atoms with Crippen molar-refractivity contribution in [1.82, 2.24) is 20.0 Å². The molecule has 0 unspecified atom stereocenters. The summed E-state index contributed by atoms with van der Waals surface area (Å²) in [7, 11) is 0. The third-order valence-corrected chi connectivity index (χ3v) is 4.78. The first-order valence-corrected chi connectivity index (χ1v) is 10.0. The lowest BCUT2D eigenvalue weighted by Crippen LogP contribution is -2.12. The number of nitrogens with zero attached hydrogens (tertiary/aromatic N) is 4. The van der Waals surface area contributed by atoms with E-state index in [1.165, 1.54) is 0 Å². The van der Waals surface area contributed by atoms with Crippen LogP contribution in [0.5, 0.6) is 0 Å². The highest BCUT2D eigenvalue weighted by molar-refractivity contribution is 6.04. The third kappa shape index (κ3) is 4.78. The first-order chi connectivity index (χ1) is 14.9. The number of nitrogens with one attached hydrogen (secondary N) is 2. The molecule has 4 aromatic rings. The van der Waals surface area contributed by atoms with Gasteiger partial charge in [0.05, 0.1) is 5.69 Å². The van der Waals surface area contributed by atoms with Crippen LogP contribution in [0, 0.1) is 27.7 Å². The maximum Gasteiger partial charge on any atom is 0.255 e. The molecule has 0 atom stereocenters. The molecule has 7 heteroatoms. The lowest BCUT2D eigenvalue weighted by Gasteiger charge is -2.09. The first kappa shape index (κ1) is 20.3. The molecule has 2 heterocycles. The van der Waals surface area contributed by atoms with Gasteiger partial charge in [-0.2, -0.15) is 5.10 Å². The van der Waals surface area contributed by atoms with Gasteiger partial charge < -0.3 is 10.6 Å². The summed E-state index contributed by atoms with van der Waals surface area (Å²) in [5.74, 6) is 1.16.